The van der Waals surface area contributed by atoms with E-state index in [2.05, 4.69) is 35.4 Å². The van der Waals surface area contributed by atoms with E-state index >= 15 is 0 Å². The topological polar surface area (TPSA) is 21.6 Å². The minimum atomic E-state index is 0.695. The summed E-state index contributed by atoms with van der Waals surface area (Å²) < 4.78 is 5.43. The molecule has 0 aromatic heterocycles. The molecule has 20 heavy (non-hydrogen) atoms. The van der Waals surface area contributed by atoms with E-state index in [4.69, 9.17) is 4.74 Å². The minimum absolute atomic E-state index is 0.695. The molecule has 0 heterocycles. The molecule has 0 fully saturated rings. The summed E-state index contributed by atoms with van der Waals surface area (Å²) >= 11 is 0. The maximum atomic E-state index is 5.43. The number of nitrogens with zero attached hydrogens (tertiary/aromatic N) is 1. The lowest BCUT2D eigenvalue weighted by atomic mass is 10.1. The highest BCUT2D eigenvalue weighted by atomic mass is 16.5. The molecule has 0 saturated carbocycles. The van der Waals surface area contributed by atoms with E-state index in [1.54, 1.807) is 0 Å². The Morgan fingerprint density at radius 1 is 1.15 bits per heavy atom. The van der Waals surface area contributed by atoms with Gasteiger partial charge in [0.1, 0.15) is 5.75 Å². The first-order chi connectivity index (χ1) is 9.80. The van der Waals surface area contributed by atoms with Crippen molar-refractivity contribution in [2.24, 2.45) is 4.99 Å². The Balaban J connectivity index is 2.76. The second kappa shape index (κ2) is 9.79. The molecule has 1 aromatic rings. The molecular weight excluding hydrogens is 246 g/mol. The molecule has 1 aromatic carbocycles. The third-order valence-electron chi connectivity index (χ3n) is 2.57. The summed E-state index contributed by atoms with van der Waals surface area (Å²) in [6.45, 7) is 7.52. The summed E-state index contributed by atoms with van der Waals surface area (Å²) in [6.07, 6.45) is 12.1. The summed E-state index contributed by atoms with van der Waals surface area (Å²) in [5.74, 6) is 0.906. The van der Waals surface area contributed by atoms with Crippen LogP contribution in [0.1, 0.15) is 26.3 Å². The maximum absolute atomic E-state index is 5.43. The van der Waals surface area contributed by atoms with Crippen LogP contribution in [0.5, 0.6) is 5.75 Å². The van der Waals surface area contributed by atoms with E-state index in [0.717, 1.165) is 23.4 Å². The van der Waals surface area contributed by atoms with E-state index in [9.17, 15) is 0 Å². The first-order valence-electron chi connectivity index (χ1n) is 7.03. The van der Waals surface area contributed by atoms with E-state index in [1.807, 2.05) is 51.3 Å². The number of ether oxygens (including phenoxy) is 1. The normalized spacial score (nSPS) is 12.8. The van der Waals surface area contributed by atoms with Crippen molar-refractivity contribution in [1.82, 2.24) is 0 Å². The number of rotatable bonds is 7. The van der Waals surface area contributed by atoms with Crippen LogP contribution in [0.4, 0.5) is 0 Å². The Hall–Kier alpha value is -2.09. The van der Waals surface area contributed by atoms with Crippen molar-refractivity contribution in [2.45, 2.75) is 20.8 Å². The predicted octanol–water partition coefficient (Wildman–Crippen LogP) is 4.69. The van der Waals surface area contributed by atoms with Crippen molar-refractivity contribution >= 4 is 12.3 Å². The number of hydrogen-bond donors (Lipinski definition) is 0. The van der Waals surface area contributed by atoms with Gasteiger partial charge in [-0.15, -0.1) is 0 Å². The third kappa shape index (κ3) is 6.19. The minimum Gasteiger partial charge on any atom is -0.494 e. The molecule has 0 unspecified atom stereocenters. The van der Waals surface area contributed by atoms with Crippen LogP contribution in [-0.4, -0.2) is 19.4 Å². The Morgan fingerprint density at radius 2 is 1.90 bits per heavy atom. The first kappa shape index (κ1) is 16.0. The molecule has 0 bridgehead atoms. The first-order valence-corrected chi connectivity index (χ1v) is 7.03. The van der Waals surface area contributed by atoms with Gasteiger partial charge >= 0.3 is 0 Å². The van der Waals surface area contributed by atoms with Gasteiger partial charge in [-0.25, -0.2) is 0 Å². The van der Waals surface area contributed by atoms with Crippen molar-refractivity contribution in [1.29, 1.82) is 0 Å². The van der Waals surface area contributed by atoms with Gasteiger partial charge in [-0.05, 0) is 50.1 Å². The summed E-state index contributed by atoms with van der Waals surface area (Å²) in [7, 11) is 0. The van der Waals surface area contributed by atoms with E-state index in [0.29, 0.717) is 6.61 Å². The van der Waals surface area contributed by atoms with Crippen LogP contribution in [0.25, 0.3) is 6.08 Å². The second-order valence-corrected chi connectivity index (χ2v) is 4.15. The highest BCUT2D eigenvalue weighted by molar-refractivity contribution is 5.75. The third-order valence-corrected chi connectivity index (χ3v) is 2.57. The van der Waals surface area contributed by atoms with Crippen molar-refractivity contribution < 1.29 is 4.74 Å². The fraction of sp³-hybridized carbons (Fsp3) is 0.278. The standard InChI is InChI=1S/C18H23NO/c1-4-7-16(14-15-19-5-2)8-9-17-10-12-18(13-11-17)20-6-3/h4,7-15H,5-6H2,1-3H3. The van der Waals surface area contributed by atoms with Crippen LogP contribution in [0.2, 0.25) is 0 Å². The molecule has 0 spiro atoms. The zero-order chi connectivity index (χ0) is 14.6. The van der Waals surface area contributed by atoms with Crippen LogP contribution in [-0.2, 0) is 0 Å². The predicted molar refractivity (Wildman–Crippen MR) is 88.6 cm³/mol. The maximum Gasteiger partial charge on any atom is 0.119 e. The summed E-state index contributed by atoms with van der Waals surface area (Å²) in [5.41, 5.74) is 2.27. The van der Waals surface area contributed by atoms with Gasteiger partial charge in [-0.2, -0.15) is 0 Å². The molecule has 0 aliphatic rings. The largest absolute Gasteiger partial charge is 0.494 e. The molecule has 0 aliphatic carbocycles. The molecule has 0 saturated heterocycles. The molecular formula is C18H23NO. The quantitative estimate of drug-likeness (QED) is 0.519. The smallest absolute Gasteiger partial charge is 0.119 e. The highest BCUT2D eigenvalue weighted by Crippen LogP contribution is 2.14. The van der Waals surface area contributed by atoms with Gasteiger partial charge in [-0.1, -0.05) is 36.4 Å². The van der Waals surface area contributed by atoms with Crippen molar-refractivity contribution in [3.8, 4) is 5.75 Å². The molecule has 2 nitrogen and oxygen atoms in total. The molecule has 106 valence electrons. The lowest BCUT2D eigenvalue weighted by molar-refractivity contribution is 0.340. The highest BCUT2D eigenvalue weighted by Gasteiger charge is 1.91. The zero-order valence-electron chi connectivity index (χ0n) is 12.5. The molecule has 2 heteroatoms. The van der Waals surface area contributed by atoms with Crippen LogP contribution < -0.4 is 4.74 Å². The molecule has 0 atom stereocenters. The van der Waals surface area contributed by atoms with Gasteiger partial charge in [0, 0.05) is 12.8 Å². The van der Waals surface area contributed by atoms with Crippen LogP contribution in [0, 0.1) is 0 Å². The van der Waals surface area contributed by atoms with Gasteiger partial charge in [-0.3, -0.25) is 4.99 Å². The summed E-state index contributed by atoms with van der Waals surface area (Å²) in [5, 5.41) is 0. The molecule has 0 radical (unpaired) electrons. The fourth-order valence-corrected chi connectivity index (χ4v) is 1.64. The molecule has 1 rings (SSSR count). The van der Waals surface area contributed by atoms with Crippen molar-refractivity contribution in [3.05, 3.63) is 59.7 Å². The molecule has 0 amide bonds. The molecule has 0 N–H and O–H groups in total. The summed E-state index contributed by atoms with van der Waals surface area (Å²) in [4.78, 5) is 4.20. The monoisotopic (exact) mass is 269 g/mol. The summed E-state index contributed by atoms with van der Waals surface area (Å²) in [6, 6.07) is 8.07. The van der Waals surface area contributed by atoms with Crippen LogP contribution >= 0.6 is 0 Å². The number of hydrogen-bond acceptors (Lipinski definition) is 2. The van der Waals surface area contributed by atoms with Crippen LogP contribution in [0.15, 0.2) is 59.1 Å². The van der Waals surface area contributed by atoms with E-state index < -0.39 is 0 Å². The van der Waals surface area contributed by atoms with E-state index in [-0.39, 0.29) is 0 Å². The van der Waals surface area contributed by atoms with Gasteiger partial charge in [0.25, 0.3) is 0 Å². The Morgan fingerprint density at radius 3 is 2.50 bits per heavy atom. The van der Waals surface area contributed by atoms with Gasteiger partial charge in [0.15, 0.2) is 0 Å². The average molecular weight is 269 g/mol. The average Bonchev–Trinajstić information content (AvgIpc) is 2.47. The Kier molecular flexibility index (Phi) is 7.82. The lowest BCUT2D eigenvalue weighted by Crippen LogP contribution is -1.90. The zero-order valence-corrected chi connectivity index (χ0v) is 12.5. The SMILES string of the molecule is CC=CC(C=Cc1ccc(OCC)cc1)=CC=NCC. The number of aliphatic imine (C=N–C) groups is 1. The number of allylic oxidation sites excluding steroid dienone is 5. The van der Waals surface area contributed by atoms with E-state index in [1.165, 1.54) is 0 Å². The van der Waals surface area contributed by atoms with Crippen molar-refractivity contribution in [2.75, 3.05) is 13.2 Å². The van der Waals surface area contributed by atoms with Crippen LogP contribution in [0.3, 0.4) is 0 Å². The Bertz CT molecular complexity index is 493. The lowest BCUT2D eigenvalue weighted by Gasteiger charge is -2.02. The molecule has 0 aliphatic heterocycles. The van der Waals surface area contributed by atoms with Gasteiger partial charge < -0.3 is 4.74 Å². The second-order valence-electron chi connectivity index (χ2n) is 4.15. The van der Waals surface area contributed by atoms with Crippen molar-refractivity contribution in [3.63, 3.8) is 0 Å². The Labute approximate surface area is 122 Å². The number of benzene rings is 1. The van der Waals surface area contributed by atoms with Gasteiger partial charge in [0.05, 0.1) is 6.61 Å². The fourth-order valence-electron chi connectivity index (χ4n) is 1.64. The van der Waals surface area contributed by atoms with Gasteiger partial charge in [0.2, 0.25) is 0 Å².